The summed E-state index contributed by atoms with van der Waals surface area (Å²) in [5, 5.41) is 15.8. The summed E-state index contributed by atoms with van der Waals surface area (Å²) < 4.78 is 29.6. The van der Waals surface area contributed by atoms with Crippen molar-refractivity contribution in [3.63, 3.8) is 0 Å². The maximum absolute atomic E-state index is 14.7. The minimum absolute atomic E-state index is 0.0341. The van der Waals surface area contributed by atoms with E-state index in [4.69, 9.17) is 0 Å². The zero-order valence-electron chi connectivity index (χ0n) is 17.2. The van der Waals surface area contributed by atoms with Crippen molar-refractivity contribution in [3.8, 4) is 0 Å². The Bertz CT molecular complexity index is 814. The summed E-state index contributed by atoms with van der Waals surface area (Å²) in [6.07, 6.45) is 10.6. The monoisotopic (exact) mass is 404 g/mol. The van der Waals surface area contributed by atoms with Crippen molar-refractivity contribution < 1.29 is 13.9 Å². The summed E-state index contributed by atoms with van der Waals surface area (Å²) in [5.41, 5.74) is -0.0459. The first kappa shape index (κ1) is 21.6. The number of hydrogen-bond acceptors (Lipinski definition) is 4. The van der Waals surface area contributed by atoms with Gasteiger partial charge < -0.3 is 5.11 Å². The van der Waals surface area contributed by atoms with Crippen LogP contribution in [0.3, 0.4) is 0 Å². The molecule has 0 bridgehead atoms. The van der Waals surface area contributed by atoms with Gasteiger partial charge in [0.25, 0.3) is 0 Å². The summed E-state index contributed by atoms with van der Waals surface area (Å²) in [7, 11) is 0. The predicted octanol–water partition coefficient (Wildman–Crippen LogP) is 4.05. The molecule has 2 heterocycles. The van der Waals surface area contributed by atoms with Gasteiger partial charge in [0, 0.05) is 30.8 Å². The molecule has 1 aliphatic heterocycles. The molecule has 2 aromatic rings. The molecule has 0 saturated carbocycles. The van der Waals surface area contributed by atoms with Gasteiger partial charge in [-0.2, -0.15) is 5.10 Å². The number of nitrogens with zero attached hydrogens (tertiary/aromatic N) is 4. The maximum Gasteiger partial charge on any atom is 0.137 e. The number of benzene rings is 1. The van der Waals surface area contributed by atoms with Crippen LogP contribution in [0.2, 0.25) is 0 Å². The van der Waals surface area contributed by atoms with E-state index in [1.807, 2.05) is 6.92 Å². The van der Waals surface area contributed by atoms with Crippen molar-refractivity contribution in [3.05, 3.63) is 59.7 Å². The van der Waals surface area contributed by atoms with E-state index < -0.39 is 17.2 Å². The fraction of sp³-hybridized carbons (Fsp3) is 0.545. The number of piperidine rings is 1. The van der Waals surface area contributed by atoms with Gasteiger partial charge in [0.15, 0.2) is 0 Å². The second-order valence-electron chi connectivity index (χ2n) is 7.86. The van der Waals surface area contributed by atoms with Gasteiger partial charge in [-0.1, -0.05) is 37.5 Å². The van der Waals surface area contributed by atoms with Gasteiger partial charge in [-0.05, 0) is 32.3 Å². The molecular weight excluding hydrogens is 374 g/mol. The predicted molar refractivity (Wildman–Crippen MR) is 108 cm³/mol. The van der Waals surface area contributed by atoms with Crippen LogP contribution in [0.5, 0.6) is 0 Å². The van der Waals surface area contributed by atoms with E-state index in [-0.39, 0.29) is 18.2 Å². The molecular formula is C22H30F2N4O. The number of aliphatic hydroxyl groups is 1. The van der Waals surface area contributed by atoms with Crippen LogP contribution in [0.15, 0.2) is 42.5 Å². The molecule has 0 amide bonds. The minimum Gasteiger partial charge on any atom is -0.381 e. The topological polar surface area (TPSA) is 54.2 Å². The smallest absolute Gasteiger partial charge is 0.137 e. The molecule has 1 aromatic heterocycles. The standard InChI is InChI=1S/C22H30F2N4O/c1-3-4-5-6-18-9-11-27(12-10-18)17(2)22(29,14-28-16-25-15-26-28)20-8-7-19(23)13-21(20)24/h6-8,13,15-17,29H,3-5,9-12,14H2,1-2H3. The third kappa shape index (κ3) is 5.08. The lowest BCUT2D eigenvalue weighted by atomic mass is 9.84. The molecule has 158 valence electrons. The van der Waals surface area contributed by atoms with Gasteiger partial charge in [0.1, 0.15) is 29.9 Å². The zero-order chi connectivity index (χ0) is 20.9. The first-order valence-corrected chi connectivity index (χ1v) is 10.4. The van der Waals surface area contributed by atoms with E-state index in [1.54, 1.807) is 0 Å². The average Bonchev–Trinajstić information content (AvgIpc) is 3.21. The van der Waals surface area contributed by atoms with E-state index in [2.05, 4.69) is 28.0 Å². The Morgan fingerprint density at radius 3 is 2.66 bits per heavy atom. The fourth-order valence-corrected chi connectivity index (χ4v) is 4.06. The lowest BCUT2D eigenvalue weighted by Gasteiger charge is -2.43. The Morgan fingerprint density at radius 2 is 2.03 bits per heavy atom. The van der Waals surface area contributed by atoms with Crippen LogP contribution < -0.4 is 0 Å². The molecule has 2 unspecified atom stereocenters. The van der Waals surface area contributed by atoms with E-state index in [0.29, 0.717) is 0 Å². The summed E-state index contributed by atoms with van der Waals surface area (Å²) in [6.45, 7) is 5.70. The van der Waals surface area contributed by atoms with Gasteiger partial charge in [-0.15, -0.1) is 0 Å². The van der Waals surface area contributed by atoms with E-state index in [1.165, 1.54) is 47.9 Å². The molecule has 1 aliphatic rings. The molecule has 3 rings (SSSR count). The van der Waals surface area contributed by atoms with Crippen molar-refractivity contribution in [2.75, 3.05) is 13.1 Å². The zero-order valence-corrected chi connectivity index (χ0v) is 17.2. The highest BCUT2D eigenvalue weighted by atomic mass is 19.1. The molecule has 0 spiro atoms. The number of likely N-dealkylation sites (tertiary alicyclic amines) is 1. The van der Waals surface area contributed by atoms with Crippen molar-refractivity contribution in [1.29, 1.82) is 0 Å². The lowest BCUT2D eigenvalue weighted by molar-refractivity contribution is -0.0657. The van der Waals surface area contributed by atoms with E-state index >= 15 is 0 Å². The third-order valence-corrected chi connectivity index (χ3v) is 5.94. The normalized spacial score (nSPS) is 18.4. The summed E-state index contributed by atoms with van der Waals surface area (Å²) in [4.78, 5) is 6.10. The van der Waals surface area contributed by atoms with Crippen LogP contribution >= 0.6 is 0 Å². The van der Waals surface area contributed by atoms with Crippen LogP contribution in [0.25, 0.3) is 0 Å². The Morgan fingerprint density at radius 1 is 1.28 bits per heavy atom. The summed E-state index contributed by atoms with van der Waals surface area (Å²) >= 11 is 0. The molecule has 1 fully saturated rings. The first-order chi connectivity index (χ1) is 13.9. The number of rotatable bonds is 8. The van der Waals surface area contributed by atoms with Crippen molar-refractivity contribution >= 4 is 0 Å². The third-order valence-electron chi connectivity index (χ3n) is 5.94. The largest absolute Gasteiger partial charge is 0.381 e. The SMILES string of the molecule is CCCCC=C1CCN(C(C)C(O)(Cn2cncn2)c2ccc(F)cc2F)CC1. The van der Waals surface area contributed by atoms with Gasteiger partial charge in [0.05, 0.1) is 6.54 Å². The first-order valence-electron chi connectivity index (χ1n) is 10.4. The van der Waals surface area contributed by atoms with Crippen molar-refractivity contribution in [2.45, 2.75) is 64.1 Å². The lowest BCUT2D eigenvalue weighted by Crippen LogP contribution is -2.53. The Kier molecular flexibility index (Phi) is 7.14. The van der Waals surface area contributed by atoms with Crippen LogP contribution in [-0.4, -0.2) is 43.9 Å². The molecule has 0 radical (unpaired) electrons. The van der Waals surface area contributed by atoms with Gasteiger partial charge in [0.2, 0.25) is 0 Å². The van der Waals surface area contributed by atoms with Crippen LogP contribution in [0.4, 0.5) is 8.78 Å². The minimum atomic E-state index is -1.57. The molecule has 1 aromatic carbocycles. The van der Waals surface area contributed by atoms with Gasteiger partial charge in [-0.3, -0.25) is 4.90 Å². The van der Waals surface area contributed by atoms with E-state index in [9.17, 15) is 13.9 Å². The Hall–Kier alpha value is -2.12. The van der Waals surface area contributed by atoms with Gasteiger partial charge >= 0.3 is 0 Å². The molecule has 1 saturated heterocycles. The molecule has 5 nitrogen and oxygen atoms in total. The Labute approximate surface area is 171 Å². The molecule has 29 heavy (non-hydrogen) atoms. The average molecular weight is 405 g/mol. The quantitative estimate of drug-likeness (QED) is 0.533. The highest BCUT2D eigenvalue weighted by molar-refractivity contribution is 5.27. The van der Waals surface area contributed by atoms with Crippen LogP contribution in [0, 0.1) is 11.6 Å². The maximum atomic E-state index is 14.7. The number of unbranched alkanes of at least 4 members (excludes halogenated alkanes) is 2. The van der Waals surface area contributed by atoms with Crippen LogP contribution in [-0.2, 0) is 12.1 Å². The van der Waals surface area contributed by atoms with Crippen LogP contribution in [0.1, 0.15) is 51.5 Å². The molecule has 0 aliphatic carbocycles. The molecule has 7 heteroatoms. The summed E-state index contributed by atoms with van der Waals surface area (Å²) in [5.74, 6) is -1.42. The summed E-state index contributed by atoms with van der Waals surface area (Å²) in [6, 6.07) is 2.95. The second kappa shape index (κ2) is 9.59. The molecule has 1 N–H and O–H groups in total. The number of aromatic nitrogens is 3. The Balaban J connectivity index is 1.82. The number of allylic oxidation sites excluding steroid dienone is 1. The number of hydrogen-bond donors (Lipinski definition) is 1. The van der Waals surface area contributed by atoms with E-state index in [0.717, 1.165) is 38.4 Å². The highest BCUT2D eigenvalue weighted by Gasteiger charge is 2.42. The fourth-order valence-electron chi connectivity index (χ4n) is 4.06. The van der Waals surface area contributed by atoms with Crippen molar-refractivity contribution in [1.82, 2.24) is 19.7 Å². The van der Waals surface area contributed by atoms with Crippen molar-refractivity contribution in [2.24, 2.45) is 0 Å². The number of halogens is 2. The highest BCUT2D eigenvalue weighted by Crippen LogP contribution is 2.34. The van der Waals surface area contributed by atoms with Gasteiger partial charge in [-0.25, -0.2) is 18.4 Å². The second-order valence-corrected chi connectivity index (χ2v) is 7.86. The molecule has 2 atom stereocenters.